The maximum Gasteiger partial charge on any atom is 0.227 e. The fraction of sp³-hybridized carbons (Fsp3) is 0.417. The SMILES string of the molecule is O=C(CC1CCCO1)Nc1cc(Br)ccc1Cl. The lowest BCUT2D eigenvalue weighted by Crippen LogP contribution is -2.19. The fourth-order valence-electron chi connectivity index (χ4n) is 1.81. The van der Waals surface area contributed by atoms with E-state index in [2.05, 4.69) is 21.2 Å². The van der Waals surface area contributed by atoms with E-state index in [4.69, 9.17) is 16.3 Å². The molecule has 17 heavy (non-hydrogen) atoms. The van der Waals surface area contributed by atoms with E-state index in [1.807, 2.05) is 6.07 Å². The van der Waals surface area contributed by atoms with E-state index >= 15 is 0 Å². The first-order chi connectivity index (χ1) is 8.15. The average Bonchev–Trinajstić information content (AvgIpc) is 2.76. The van der Waals surface area contributed by atoms with Gasteiger partial charge in [0.05, 0.1) is 23.2 Å². The minimum absolute atomic E-state index is 0.0564. The highest BCUT2D eigenvalue weighted by atomic mass is 79.9. The van der Waals surface area contributed by atoms with Crippen LogP contribution in [-0.2, 0) is 9.53 Å². The molecule has 0 spiro atoms. The number of nitrogens with one attached hydrogen (secondary N) is 1. The van der Waals surface area contributed by atoms with E-state index in [1.165, 1.54) is 0 Å². The quantitative estimate of drug-likeness (QED) is 0.924. The predicted octanol–water partition coefficient (Wildman–Crippen LogP) is 3.61. The van der Waals surface area contributed by atoms with E-state index < -0.39 is 0 Å². The van der Waals surface area contributed by atoms with Gasteiger partial charge in [0, 0.05) is 11.1 Å². The second-order valence-corrected chi connectivity index (χ2v) is 5.33. The van der Waals surface area contributed by atoms with E-state index in [1.54, 1.807) is 12.1 Å². The number of carbonyl (C=O) groups is 1. The van der Waals surface area contributed by atoms with E-state index in [-0.39, 0.29) is 12.0 Å². The second-order valence-electron chi connectivity index (χ2n) is 4.01. The molecule has 1 aliphatic heterocycles. The van der Waals surface area contributed by atoms with Crippen LogP contribution in [0.5, 0.6) is 0 Å². The molecule has 92 valence electrons. The number of benzene rings is 1. The zero-order valence-corrected chi connectivity index (χ0v) is 11.6. The van der Waals surface area contributed by atoms with Gasteiger partial charge in [-0.3, -0.25) is 4.79 Å². The molecule has 1 amide bonds. The highest BCUT2D eigenvalue weighted by molar-refractivity contribution is 9.10. The van der Waals surface area contributed by atoms with Gasteiger partial charge in [-0.1, -0.05) is 27.5 Å². The third-order valence-corrected chi connectivity index (χ3v) is 3.46. The van der Waals surface area contributed by atoms with Gasteiger partial charge in [-0.25, -0.2) is 0 Å². The predicted molar refractivity (Wildman–Crippen MR) is 71.4 cm³/mol. The summed E-state index contributed by atoms with van der Waals surface area (Å²) >= 11 is 9.33. The molecule has 1 aromatic carbocycles. The average molecular weight is 319 g/mol. The summed E-state index contributed by atoms with van der Waals surface area (Å²) < 4.78 is 6.30. The van der Waals surface area contributed by atoms with E-state index in [0.717, 1.165) is 23.9 Å². The van der Waals surface area contributed by atoms with Crippen LogP contribution in [-0.4, -0.2) is 18.6 Å². The zero-order chi connectivity index (χ0) is 12.3. The summed E-state index contributed by atoms with van der Waals surface area (Å²) in [5.41, 5.74) is 0.629. The lowest BCUT2D eigenvalue weighted by atomic mass is 10.2. The molecule has 1 heterocycles. The van der Waals surface area contributed by atoms with Gasteiger partial charge >= 0.3 is 0 Å². The van der Waals surface area contributed by atoms with Crippen LogP contribution in [0.25, 0.3) is 0 Å². The highest BCUT2D eigenvalue weighted by Gasteiger charge is 2.19. The van der Waals surface area contributed by atoms with Gasteiger partial charge in [-0.2, -0.15) is 0 Å². The second kappa shape index (κ2) is 5.85. The normalized spacial score (nSPS) is 19.3. The van der Waals surface area contributed by atoms with Crippen molar-refractivity contribution in [1.82, 2.24) is 0 Å². The minimum atomic E-state index is -0.0584. The number of amides is 1. The van der Waals surface area contributed by atoms with Crippen LogP contribution < -0.4 is 5.32 Å². The number of rotatable bonds is 3. The summed E-state index contributed by atoms with van der Waals surface area (Å²) in [7, 11) is 0. The van der Waals surface area contributed by atoms with Crippen molar-refractivity contribution in [1.29, 1.82) is 0 Å². The summed E-state index contributed by atoms with van der Waals surface area (Å²) in [5.74, 6) is -0.0584. The van der Waals surface area contributed by atoms with Crippen LogP contribution in [0.15, 0.2) is 22.7 Å². The standard InChI is InChI=1S/C12H13BrClNO2/c13-8-3-4-10(14)11(6-8)15-12(16)7-9-2-1-5-17-9/h3-4,6,9H,1-2,5,7H2,(H,15,16). The van der Waals surface area contributed by atoms with Gasteiger partial charge in [0.25, 0.3) is 0 Å². The first-order valence-electron chi connectivity index (χ1n) is 5.51. The maximum atomic E-state index is 11.8. The maximum absolute atomic E-state index is 11.8. The van der Waals surface area contributed by atoms with Crippen LogP contribution in [0.1, 0.15) is 19.3 Å². The summed E-state index contributed by atoms with van der Waals surface area (Å²) in [6, 6.07) is 5.36. The summed E-state index contributed by atoms with van der Waals surface area (Å²) in [6.07, 6.45) is 2.44. The Kier molecular flexibility index (Phi) is 4.42. The Morgan fingerprint density at radius 2 is 2.41 bits per heavy atom. The molecule has 0 aromatic heterocycles. The topological polar surface area (TPSA) is 38.3 Å². The molecule has 3 nitrogen and oxygen atoms in total. The summed E-state index contributed by atoms with van der Waals surface area (Å²) in [6.45, 7) is 0.760. The van der Waals surface area contributed by atoms with Gasteiger partial charge < -0.3 is 10.1 Å². The lowest BCUT2D eigenvalue weighted by Gasteiger charge is -2.11. The molecular weight excluding hydrogens is 305 g/mol. The first kappa shape index (κ1) is 12.9. The van der Waals surface area contributed by atoms with Crippen molar-refractivity contribution in [2.45, 2.75) is 25.4 Å². The van der Waals surface area contributed by atoms with Crippen LogP contribution in [0.2, 0.25) is 5.02 Å². The Balaban J connectivity index is 1.95. The van der Waals surface area contributed by atoms with Crippen molar-refractivity contribution in [3.05, 3.63) is 27.7 Å². The molecule has 1 aromatic rings. The summed E-state index contributed by atoms with van der Waals surface area (Å²) in [5, 5.41) is 3.33. The molecule has 0 aliphatic carbocycles. The molecule has 1 unspecified atom stereocenters. The van der Waals surface area contributed by atoms with Gasteiger partial charge in [-0.15, -0.1) is 0 Å². The van der Waals surface area contributed by atoms with Gasteiger partial charge in [0.1, 0.15) is 0 Å². The first-order valence-corrected chi connectivity index (χ1v) is 6.69. The van der Waals surface area contributed by atoms with Crippen molar-refractivity contribution >= 4 is 39.1 Å². The van der Waals surface area contributed by atoms with Crippen molar-refractivity contribution < 1.29 is 9.53 Å². The summed E-state index contributed by atoms with van der Waals surface area (Å²) in [4.78, 5) is 11.8. The van der Waals surface area contributed by atoms with Crippen molar-refractivity contribution in [2.24, 2.45) is 0 Å². The van der Waals surface area contributed by atoms with Crippen molar-refractivity contribution in [3.8, 4) is 0 Å². The van der Waals surface area contributed by atoms with Crippen molar-refractivity contribution in [2.75, 3.05) is 11.9 Å². The molecule has 0 saturated carbocycles. The zero-order valence-electron chi connectivity index (χ0n) is 9.21. The smallest absolute Gasteiger partial charge is 0.227 e. The molecule has 1 saturated heterocycles. The van der Waals surface area contributed by atoms with Crippen LogP contribution in [0.4, 0.5) is 5.69 Å². The molecular formula is C12H13BrClNO2. The number of halogens is 2. The number of hydrogen-bond donors (Lipinski definition) is 1. The highest BCUT2D eigenvalue weighted by Crippen LogP contribution is 2.26. The number of anilines is 1. The van der Waals surface area contributed by atoms with Crippen LogP contribution in [0, 0.1) is 0 Å². The van der Waals surface area contributed by atoms with E-state index in [0.29, 0.717) is 17.1 Å². The number of ether oxygens (including phenoxy) is 1. The number of hydrogen-bond acceptors (Lipinski definition) is 2. The Labute approximate surface area is 114 Å². The third kappa shape index (κ3) is 3.69. The van der Waals surface area contributed by atoms with Crippen molar-refractivity contribution in [3.63, 3.8) is 0 Å². The third-order valence-electron chi connectivity index (χ3n) is 2.64. The molecule has 1 N–H and O–H groups in total. The van der Waals surface area contributed by atoms with Gasteiger partial charge in [0.2, 0.25) is 5.91 Å². The molecule has 1 aliphatic rings. The van der Waals surface area contributed by atoms with Gasteiger partial charge in [0.15, 0.2) is 0 Å². The molecule has 2 rings (SSSR count). The molecule has 5 heteroatoms. The fourth-order valence-corrected chi connectivity index (χ4v) is 2.33. The van der Waals surface area contributed by atoms with Gasteiger partial charge in [-0.05, 0) is 31.0 Å². The molecule has 1 fully saturated rings. The Morgan fingerprint density at radius 3 is 3.12 bits per heavy atom. The Morgan fingerprint density at radius 1 is 1.59 bits per heavy atom. The van der Waals surface area contributed by atoms with Crippen LogP contribution in [0.3, 0.4) is 0 Å². The van der Waals surface area contributed by atoms with Crippen LogP contribution >= 0.6 is 27.5 Å². The molecule has 1 atom stereocenters. The largest absolute Gasteiger partial charge is 0.378 e. The Bertz CT molecular complexity index is 419. The lowest BCUT2D eigenvalue weighted by molar-refractivity contribution is -0.118. The monoisotopic (exact) mass is 317 g/mol. The molecule has 0 radical (unpaired) electrons. The minimum Gasteiger partial charge on any atom is -0.378 e. The number of carbonyl (C=O) groups excluding carboxylic acids is 1. The Hall–Kier alpha value is -0.580. The van der Waals surface area contributed by atoms with E-state index in [9.17, 15) is 4.79 Å². The molecule has 0 bridgehead atoms.